The van der Waals surface area contributed by atoms with E-state index in [2.05, 4.69) is 15.3 Å². The Balaban J connectivity index is 1.49. The number of hydrogen-bond donors (Lipinski definition) is 2. The van der Waals surface area contributed by atoms with Crippen molar-refractivity contribution in [1.82, 2.24) is 14.9 Å². The van der Waals surface area contributed by atoms with Gasteiger partial charge in [-0.05, 0) is 37.9 Å². The molecule has 2 aliphatic heterocycles. The summed E-state index contributed by atoms with van der Waals surface area (Å²) in [6.07, 6.45) is -2.78. The number of likely N-dealkylation sites (tertiary alicyclic amines) is 1. The van der Waals surface area contributed by atoms with E-state index < -0.39 is 53.7 Å². The second-order valence-corrected chi connectivity index (χ2v) is 9.25. The highest BCUT2D eigenvalue weighted by molar-refractivity contribution is 5.75. The van der Waals surface area contributed by atoms with E-state index in [1.54, 1.807) is 0 Å². The third-order valence-corrected chi connectivity index (χ3v) is 6.70. The maximum absolute atomic E-state index is 15.4. The Morgan fingerprint density at radius 1 is 1.16 bits per heavy atom. The molecule has 0 saturated carbocycles. The molecule has 4 rings (SSSR count). The van der Waals surface area contributed by atoms with E-state index in [-0.39, 0.29) is 49.8 Å². The molecule has 2 fully saturated rings. The number of piperidine rings is 1. The van der Waals surface area contributed by atoms with Gasteiger partial charge < -0.3 is 16.0 Å². The Morgan fingerprint density at radius 3 is 2.57 bits per heavy atom. The average Bonchev–Trinajstić information content (AvgIpc) is 3.27. The van der Waals surface area contributed by atoms with Gasteiger partial charge in [0.1, 0.15) is 12.1 Å². The van der Waals surface area contributed by atoms with Crippen molar-refractivity contribution in [3.8, 4) is 0 Å². The Bertz CT molecular complexity index is 1150. The van der Waals surface area contributed by atoms with Crippen molar-refractivity contribution in [2.75, 3.05) is 42.9 Å². The molecular formula is C23H25F7N6O. The van der Waals surface area contributed by atoms with E-state index in [4.69, 9.17) is 5.73 Å². The first-order valence-electron chi connectivity index (χ1n) is 11.6. The molecular weight excluding hydrogens is 509 g/mol. The van der Waals surface area contributed by atoms with Gasteiger partial charge in [-0.2, -0.15) is 17.6 Å². The third kappa shape index (κ3) is 5.89. The summed E-state index contributed by atoms with van der Waals surface area (Å²) in [4.78, 5) is 21.5. The summed E-state index contributed by atoms with van der Waals surface area (Å²) >= 11 is 0. The lowest BCUT2D eigenvalue weighted by Gasteiger charge is -2.38. The largest absolute Gasteiger partial charge is 0.416 e. The summed E-state index contributed by atoms with van der Waals surface area (Å²) in [5.41, 5.74) is 3.92. The van der Waals surface area contributed by atoms with Gasteiger partial charge >= 0.3 is 6.18 Å². The summed E-state index contributed by atoms with van der Waals surface area (Å²) in [6, 6.07) is 1.45. The molecule has 2 saturated heterocycles. The van der Waals surface area contributed by atoms with Crippen LogP contribution in [0.25, 0.3) is 0 Å². The number of carbonyl (C=O) groups excluding carboxylic acids is 1. The van der Waals surface area contributed by atoms with Crippen LogP contribution in [-0.4, -0.2) is 59.4 Å². The number of carbonyl (C=O) groups is 1. The second-order valence-electron chi connectivity index (χ2n) is 9.25. The van der Waals surface area contributed by atoms with Gasteiger partial charge in [0, 0.05) is 24.6 Å². The molecule has 0 spiro atoms. The second kappa shape index (κ2) is 10.3. The van der Waals surface area contributed by atoms with Gasteiger partial charge in [-0.3, -0.25) is 9.69 Å². The fourth-order valence-corrected chi connectivity index (χ4v) is 4.88. The number of halogens is 7. The monoisotopic (exact) mass is 534 g/mol. The lowest BCUT2D eigenvalue weighted by Crippen LogP contribution is -2.52. The molecule has 2 atom stereocenters. The van der Waals surface area contributed by atoms with Crippen LogP contribution in [0.2, 0.25) is 0 Å². The molecule has 0 unspecified atom stereocenters. The first-order chi connectivity index (χ1) is 17.4. The fourth-order valence-electron chi connectivity index (χ4n) is 4.88. The minimum atomic E-state index is -4.71. The molecule has 14 heteroatoms. The van der Waals surface area contributed by atoms with Crippen molar-refractivity contribution < 1.29 is 35.5 Å². The maximum Gasteiger partial charge on any atom is 0.416 e. The Kier molecular flexibility index (Phi) is 7.49. The molecule has 2 aromatic rings. The van der Waals surface area contributed by atoms with Crippen LogP contribution in [0.3, 0.4) is 0 Å². The first kappa shape index (κ1) is 26.9. The molecule has 37 heavy (non-hydrogen) atoms. The summed E-state index contributed by atoms with van der Waals surface area (Å²) in [6.45, 7) is -0.767. The van der Waals surface area contributed by atoms with Gasteiger partial charge in [0.2, 0.25) is 11.7 Å². The van der Waals surface area contributed by atoms with Crippen LogP contribution in [0.5, 0.6) is 0 Å². The Labute approximate surface area is 207 Å². The van der Waals surface area contributed by atoms with E-state index in [1.165, 1.54) is 9.80 Å². The standard InChI is InChI=1S/C23H25F7N6O/c24-16-8-13(23(28,29)30)3-4-15(16)17-2-1-6-36(17)21-19(25)20(33-12-34-21)32-9-14-5-7-35(10-18(31)37)11-22(14,26)27/h3-4,8,12,14,17H,1-2,5-7,9-11H2,(H2,31,37)(H,32,33,34)/t14-,17+/m0/s1. The normalized spacial score (nSPS) is 22.3. The molecule has 0 radical (unpaired) electrons. The van der Waals surface area contributed by atoms with Gasteiger partial charge in [-0.25, -0.2) is 23.1 Å². The van der Waals surface area contributed by atoms with Crippen molar-refractivity contribution in [1.29, 1.82) is 0 Å². The molecule has 1 aromatic carbocycles. The minimum absolute atomic E-state index is 0.0274. The summed E-state index contributed by atoms with van der Waals surface area (Å²) in [5, 5.41) is 2.61. The summed E-state index contributed by atoms with van der Waals surface area (Å²) in [7, 11) is 0. The summed E-state index contributed by atoms with van der Waals surface area (Å²) in [5.74, 6) is -7.55. The quantitative estimate of drug-likeness (QED) is 0.523. The third-order valence-electron chi connectivity index (χ3n) is 6.70. The predicted octanol–water partition coefficient (Wildman–Crippen LogP) is 3.97. The minimum Gasteiger partial charge on any atom is -0.369 e. The van der Waals surface area contributed by atoms with Crippen molar-refractivity contribution in [3.05, 3.63) is 47.3 Å². The number of alkyl halides is 5. The number of hydrogen-bond acceptors (Lipinski definition) is 6. The van der Waals surface area contributed by atoms with Crippen molar-refractivity contribution in [3.63, 3.8) is 0 Å². The van der Waals surface area contributed by atoms with Crippen LogP contribution in [0, 0.1) is 17.6 Å². The zero-order valence-electron chi connectivity index (χ0n) is 19.5. The number of nitrogens with one attached hydrogen (secondary N) is 1. The number of rotatable bonds is 7. The number of primary amides is 1. The van der Waals surface area contributed by atoms with E-state index >= 15 is 4.39 Å². The smallest absolute Gasteiger partial charge is 0.369 e. The molecule has 1 aromatic heterocycles. The van der Waals surface area contributed by atoms with Crippen molar-refractivity contribution in [2.24, 2.45) is 11.7 Å². The topological polar surface area (TPSA) is 87.4 Å². The Morgan fingerprint density at radius 2 is 1.92 bits per heavy atom. The first-order valence-corrected chi connectivity index (χ1v) is 11.6. The number of benzene rings is 1. The van der Waals surface area contributed by atoms with E-state index in [1.807, 2.05) is 0 Å². The zero-order valence-corrected chi connectivity index (χ0v) is 19.5. The SMILES string of the molecule is NC(=O)CN1CC[C@@H](CNc2ncnc(N3CCC[C@@H]3c3ccc(C(F)(F)F)cc3F)c2F)C(F)(F)C1. The highest BCUT2D eigenvalue weighted by atomic mass is 19.4. The molecule has 0 aliphatic carbocycles. The molecule has 2 aliphatic rings. The van der Waals surface area contributed by atoms with Gasteiger partial charge in [0.15, 0.2) is 11.6 Å². The lowest BCUT2D eigenvalue weighted by molar-refractivity contribution is -0.137. The van der Waals surface area contributed by atoms with Gasteiger partial charge in [-0.1, -0.05) is 6.07 Å². The number of anilines is 2. The predicted molar refractivity (Wildman–Crippen MR) is 120 cm³/mol. The highest BCUT2D eigenvalue weighted by Crippen LogP contribution is 2.40. The molecule has 3 heterocycles. The average molecular weight is 534 g/mol. The summed E-state index contributed by atoms with van der Waals surface area (Å²) < 4.78 is 98.0. The lowest BCUT2D eigenvalue weighted by atomic mass is 9.92. The van der Waals surface area contributed by atoms with Crippen LogP contribution < -0.4 is 16.0 Å². The van der Waals surface area contributed by atoms with Crippen LogP contribution in [0.4, 0.5) is 42.4 Å². The van der Waals surface area contributed by atoms with E-state index in [0.717, 1.165) is 18.5 Å². The Hall–Kier alpha value is -3.16. The highest BCUT2D eigenvalue weighted by Gasteiger charge is 2.44. The van der Waals surface area contributed by atoms with Crippen molar-refractivity contribution in [2.45, 2.75) is 37.4 Å². The van der Waals surface area contributed by atoms with Gasteiger partial charge in [0.05, 0.1) is 24.7 Å². The number of aromatic nitrogens is 2. The van der Waals surface area contributed by atoms with Crippen LogP contribution in [0.1, 0.15) is 36.4 Å². The molecule has 7 nitrogen and oxygen atoms in total. The van der Waals surface area contributed by atoms with E-state index in [9.17, 15) is 31.1 Å². The van der Waals surface area contributed by atoms with Gasteiger partial charge in [-0.15, -0.1) is 0 Å². The van der Waals surface area contributed by atoms with Gasteiger partial charge in [0.25, 0.3) is 5.92 Å². The van der Waals surface area contributed by atoms with Crippen LogP contribution >= 0.6 is 0 Å². The molecule has 0 bridgehead atoms. The number of amides is 1. The fraction of sp³-hybridized carbons (Fsp3) is 0.522. The molecule has 3 N–H and O–H groups in total. The van der Waals surface area contributed by atoms with Crippen LogP contribution in [0.15, 0.2) is 24.5 Å². The zero-order chi connectivity index (χ0) is 27.0. The maximum atomic E-state index is 15.4. The van der Waals surface area contributed by atoms with Crippen molar-refractivity contribution >= 4 is 17.5 Å². The van der Waals surface area contributed by atoms with Crippen LogP contribution in [-0.2, 0) is 11.0 Å². The molecule has 202 valence electrons. The number of nitrogens with two attached hydrogens (primary N) is 1. The molecule has 1 amide bonds. The van der Waals surface area contributed by atoms with E-state index in [0.29, 0.717) is 18.9 Å². The number of nitrogens with zero attached hydrogens (tertiary/aromatic N) is 4.